The van der Waals surface area contributed by atoms with Crippen molar-refractivity contribution < 1.29 is 4.79 Å². The van der Waals surface area contributed by atoms with Crippen LogP contribution in [0.2, 0.25) is 5.02 Å². The Kier molecular flexibility index (Phi) is 7.03. The van der Waals surface area contributed by atoms with Crippen LogP contribution >= 0.6 is 11.6 Å². The van der Waals surface area contributed by atoms with E-state index in [2.05, 4.69) is 24.1 Å². The molecule has 0 saturated heterocycles. The minimum Gasteiger partial charge on any atom is -0.354 e. The number of hydrogen-bond acceptors (Lipinski definition) is 2. The van der Waals surface area contributed by atoms with Crippen molar-refractivity contribution in [3.8, 4) is 0 Å². The Morgan fingerprint density at radius 1 is 1.20 bits per heavy atom. The van der Waals surface area contributed by atoms with Crippen LogP contribution in [0.15, 0.2) is 24.3 Å². The van der Waals surface area contributed by atoms with E-state index in [-0.39, 0.29) is 17.9 Å². The van der Waals surface area contributed by atoms with Gasteiger partial charge in [-0.05, 0) is 30.8 Å². The van der Waals surface area contributed by atoms with E-state index in [0.717, 1.165) is 18.1 Å². The molecular formula is C16H25ClN2O. The molecule has 0 bridgehead atoms. The number of nitrogens with zero attached hydrogens (tertiary/aromatic N) is 1. The first kappa shape index (κ1) is 17.0. The molecule has 1 amide bonds. The first-order chi connectivity index (χ1) is 9.49. The van der Waals surface area contributed by atoms with Crippen molar-refractivity contribution in [2.24, 2.45) is 5.92 Å². The summed E-state index contributed by atoms with van der Waals surface area (Å²) in [4.78, 5) is 14.1. The smallest absolute Gasteiger partial charge is 0.222 e. The van der Waals surface area contributed by atoms with Gasteiger partial charge in [-0.25, -0.2) is 0 Å². The van der Waals surface area contributed by atoms with Crippen molar-refractivity contribution in [3.63, 3.8) is 0 Å². The van der Waals surface area contributed by atoms with Gasteiger partial charge in [-0.15, -0.1) is 0 Å². The molecule has 0 saturated carbocycles. The highest BCUT2D eigenvalue weighted by Crippen LogP contribution is 2.21. The molecule has 1 aromatic rings. The van der Waals surface area contributed by atoms with Gasteiger partial charge in [0.05, 0.1) is 6.04 Å². The van der Waals surface area contributed by atoms with Gasteiger partial charge in [0.2, 0.25) is 5.91 Å². The van der Waals surface area contributed by atoms with E-state index >= 15 is 0 Å². The number of amides is 1. The van der Waals surface area contributed by atoms with Crippen molar-refractivity contribution in [3.05, 3.63) is 34.9 Å². The zero-order chi connectivity index (χ0) is 15.1. The molecule has 0 radical (unpaired) electrons. The number of carbonyl (C=O) groups excluding carboxylic acids is 1. The predicted molar refractivity (Wildman–Crippen MR) is 85.0 cm³/mol. The predicted octanol–water partition coefficient (Wildman–Crippen LogP) is 3.50. The summed E-state index contributed by atoms with van der Waals surface area (Å²) in [6.07, 6.45) is 0. The lowest BCUT2D eigenvalue weighted by Crippen LogP contribution is -2.39. The van der Waals surface area contributed by atoms with E-state index in [0.29, 0.717) is 6.54 Å². The summed E-state index contributed by atoms with van der Waals surface area (Å²) >= 11 is 5.95. The largest absolute Gasteiger partial charge is 0.354 e. The van der Waals surface area contributed by atoms with Crippen molar-refractivity contribution >= 4 is 17.5 Å². The fourth-order valence-electron chi connectivity index (χ4n) is 2.21. The molecular weight excluding hydrogens is 272 g/mol. The van der Waals surface area contributed by atoms with Crippen LogP contribution in [0.25, 0.3) is 0 Å². The number of rotatable bonds is 7. The third kappa shape index (κ3) is 4.80. The van der Waals surface area contributed by atoms with Crippen LogP contribution in [0.3, 0.4) is 0 Å². The molecule has 0 aliphatic carbocycles. The highest BCUT2D eigenvalue weighted by molar-refractivity contribution is 6.30. The maximum Gasteiger partial charge on any atom is 0.222 e. The molecule has 0 aliphatic rings. The number of likely N-dealkylation sites (N-methyl/N-ethyl adjacent to an activating group) is 1. The van der Waals surface area contributed by atoms with Crippen LogP contribution in [-0.4, -0.2) is 30.4 Å². The topological polar surface area (TPSA) is 32.3 Å². The molecule has 0 fully saturated rings. The van der Waals surface area contributed by atoms with E-state index in [1.807, 2.05) is 38.1 Å². The lowest BCUT2D eigenvalue weighted by Gasteiger charge is -2.30. The molecule has 0 aliphatic heterocycles. The van der Waals surface area contributed by atoms with Crippen molar-refractivity contribution in [1.29, 1.82) is 0 Å². The Hall–Kier alpha value is -1.06. The van der Waals surface area contributed by atoms with Gasteiger partial charge in [0.25, 0.3) is 0 Å². The summed E-state index contributed by atoms with van der Waals surface area (Å²) in [5.41, 5.74) is 1.18. The minimum atomic E-state index is 0.0116. The first-order valence-corrected chi connectivity index (χ1v) is 7.64. The SMILES string of the molecule is CCN(CC)C(CNC(=O)C(C)C)c1ccc(Cl)cc1. The standard InChI is InChI=1S/C16H25ClN2O/c1-5-19(6-2)15(11-18-16(20)12(3)4)13-7-9-14(17)10-8-13/h7-10,12,15H,5-6,11H2,1-4H3,(H,18,20). The Labute approximate surface area is 127 Å². The molecule has 0 heterocycles. The zero-order valence-corrected chi connectivity index (χ0v) is 13.6. The summed E-state index contributed by atoms with van der Waals surface area (Å²) in [5.74, 6) is 0.105. The monoisotopic (exact) mass is 296 g/mol. The maximum absolute atomic E-state index is 11.8. The molecule has 1 N–H and O–H groups in total. The van der Waals surface area contributed by atoms with Crippen LogP contribution in [0, 0.1) is 5.92 Å². The van der Waals surface area contributed by atoms with Gasteiger partial charge in [0.1, 0.15) is 0 Å². The normalized spacial score (nSPS) is 12.8. The van der Waals surface area contributed by atoms with E-state index in [9.17, 15) is 4.79 Å². The summed E-state index contributed by atoms with van der Waals surface area (Å²) < 4.78 is 0. The number of carbonyl (C=O) groups is 1. The van der Waals surface area contributed by atoms with Crippen molar-refractivity contribution in [2.75, 3.05) is 19.6 Å². The van der Waals surface area contributed by atoms with Gasteiger partial charge in [-0.2, -0.15) is 0 Å². The van der Waals surface area contributed by atoms with Gasteiger partial charge in [0, 0.05) is 17.5 Å². The average Bonchev–Trinajstić information content (AvgIpc) is 2.44. The molecule has 1 atom stereocenters. The first-order valence-electron chi connectivity index (χ1n) is 7.26. The lowest BCUT2D eigenvalue weighted by atomic mass is 10.0. The summed E-state index contributed by atoms with van der Waals surface area (Å²) in [6, 6.07) is 8.06. The van der Waals surface area contributed by atoms with Gasteiger partial charge in [-0.3, -0.25) is 9.69 Å². The molecule has 1 unspecified atom stereocenters. The zero-order valence-electron chi connectivity index (χ0n) is 12.8. The molecule has 20 heavy (non-hydrogen) atoms. The molecule has 1 aromatic carbocycles. The number of nitrogens with one attached hydrogen (secondary N) is 1. The average molecular weight is 297 g/mol. The second-order valence-corrected chi connectivity index (χ2v) is 5.62. The van der Waals surface area contributed by atoms with Crippen molar-refractivity contribution in [1.82, 2.24) is 10.2 Å². The second-order valence-electron chi connectivity index (χ2n) is 5.19. The van der Waals surface area contributed by atoms with Gasteiger partial charge >= 0.3 is 0 Å². The van der Waals surface area contributed by atoms with Crippen molar-refractivity contribution in [2.45, 2.75) is 33.7 Å². The lowest BCUT2D eigenvalue weighted by molar-refractivity contribution is -0.124. The Bertz CT molecular complexity index is 413. The summed E-state index contributed by atoms with van der Waals surface area (Å²) in [5, 5.41) is 3.77. The van der Waals surface area contributed by atoms with Crippen LogP contribution in [-0.2, 0) is 4.79 Å². The van der Waals surface area contributed by atoms with E-state index in [1.165, 1.54) is 5.56 Å². The third-order valence-electron chi connectivity index (χ3n) is 3.50. The second kappa shape index (κ2) is 8.28. The van der Waals surface area contributed by atoms with Gasteiger partial charge in [0.15, 0.2) is 0 Å². The highest BCUT2D eigenvalue weighted by atomic mass is 35.5. The number of hydrogen-bond donors (Lipinski definition) is 1. The molecule has 0 spiro atoms. The number of benzene rings is 1. The maximum atomic E-state index is 11.8. The fourth-order valence-corrected chi connectivity index (χ4v) is 2.33. The Balaban J connectivity index is 2.85. The van der Waals surface area contributed by atoms with Crippen LogP contribution in [0.1, 0.15) is 39.3 Å². The van der Waals surface area contributed by atoms with Gasteiger partial charge in [-0.1, -0.05) is 51.4 Å². The molecule has 4 heteroatoms. The van der Waals surface area contributed by atoms with Crippen LogP contribution in [0.5, 0.6) is 0 Å². The highest BCUT2D eigenvalue weighted by Gasteiger charge is 2.19. The summed E-state index contributed by atoms with van der Waals surface area (Å²) in [6.45, 7) is 10.6. The Morgan fingerprint density at radius 2 is 1.75 bits per heavy atom. The molecule has 1 rings (SSSR count). The third-order valence-corrected chi connectivity index (χ3v) is 3.75. The van der Waals surface area contributed by atoms with Crippen LogP contribution < -0.4 is 5.32 Å². The quantitative estimate of drug-likeness (QED) is 0.835. The van der Waals surface area contributed by atoms with Crippen LogP contribution in [0.4, 0.5) is 0 Å². The van der Waals surface area contributed by atoms with E-state index in [4.69, 9.17) is 11.6 Å². The number of halogens is 1. The molecule has 0 aromatic heterocycles. The fraction of sp³-hybridized carbons (Fsp3) is 0.562. The van der Waals surface area contributed by atoms with E-state index in [1.54, 1.807) is 0 Å². The Morgan fingerprint density at radius 3 is 2.20 bits per heavy atom. The molecule has 3 nitrogen and oxygen atoms in total. The van der Waals surface area contributed by atoms with E-state index < -0.39 is 0 Å². The minimum absolute atomic E-state index is 0.0116. The molecule has 112 valence electrons. The summed E-state index contributed by atoms with van der Waals surface area (Å²) in [7, 11) is 0. The van der Waals surface area contributed by atoms with Gasteiger partial charge < -0.3 is 5.32 Å².